The van der Waals surface area contributed by atoms with Crippen LogP contribution in [0.4, 0.5) is 0 Å². The maximum Gasteiger partial charge on any atom is 0.202 e. The zero-order chi connectivity index (χ0) is 21.7. The lowest BCUT2D eigenvalue weighted by Crippen LogP contribution is -3.11. The molecule has 4 N–H and O–H groups in total. The maximum absolute atomic E-state index is 9.37. The Morgan fingerprint density at radius 1 is 0.645 bits per heavy atom. The van der Waals surface area contributed by atoms with E-state index in [0.717, 1.165) is 13.1 Å². The van der Waals surface area contributed by atoms with Gasteiger partial charge in [0.05, 0.1) is 6.54 Å². The van der Waals surface area contributed by atoms with E-state index in [-0.39, 0.29) is 5.48 Å². The van der Waals surface area contributed by atoms with Crippen LogP contribution in [0.15, 0.2) is 30.3 Å². The van der Waals surface area contributed by atoms with Crippen LogP contribution in [0.25, 0.3) is 0 Å². The third-order valence-electron chi connectivity index (χ3n) is 6.15. The predicted molar refractivity (Wildman–Crippen MR) is 131 cm³/mol. The van der Waals surface area contributed by atoms with Crippen LogP contribution in [0, 0.1) is 0 Å². The molecule has 0 aliphatic carbocycles. The molecule has 0 aromatic heterocycles. The van der Waals surface area contributed by atoms with Crippen molar-refractivity contribution in [3.8, 4) is 0 Å². The second kappa shape index (κ2) is 22.3. The van der Waals surface area contributed by atoms with Gasteiger partial charge in [0.2, 0.25) is 6.29 Å². The van der Waals surface area contributed by atoms with Crippen LogP contribution in [0.5, 0.6) is 0 Å². The Morgan fingerprint density at radius 2 is 1.06 bits per heavy atom. The molecule has 0 aliphatic heterocycles. The third kappa shape index (κ3) is 19.5. The summed E-state index contributed by atoms with van der Waals surface area (Å²) in [6, 6.07) is 10.4. The highest BCUT2D eigenvalue weighted by Gasteiger charge is 2.13. The fraction of sp³-hybridized carbons (Fsp3) is 0.778. The van der Waals surface area contributed by atoms with Gasteiger partial charge in [-0.15, -0.1) is 0 Å². The van der Waals surface area contributed by atoms with Crippen LogP contribution in [-0.4, -0.2) is 35.1 Å². The molecule has 0 aliphatic rings. The van der Waals surface area contributed by atoms with Crippen molar-refractivity contribution in [1.82, 2.24) is 0 Å². The van der Waals surface area contributed by atoms with E-state index in [9.17, 15) is 10.2 Å². The fourth-order valence-electron chi connectivity index (χ4n) is 4.33. The molecule has 0 spiro atoms. The minimum absolute atomic E-state index is 0. The molecule has 0 fully saturated rings. The molecule has 0 saturated carbocycles. The quantitative estimate of drug-likeness (QED) is 0.176. The molecule has 31 heavy (non-hydrogen) atoms. The number of hydrogen-bond acceptors (Lipinski definition) is 3. The van der Waals surface area contributed by atoms with E-state index in [1.807, 2.05) is 6.07 Å². The second-order valence-corrected chi connectivity index (χ2v) is 9.15. The first-order valence-corrected chi connectivity index (χ1v) is 13.0. The van der Waals surface area contributed by atoms with Crippen molar-refractivity contribution in [1.29, 1.82) is 0 Å². The molecule has 0 amide bonds. The molecule has 0 saturated heterocycles. The van der Waals surface area contributed by atoms with Gasteiger partial charge in [-0.3, -0.25) is 0 Å². The second-order valence-electron chi connectivity index (χ2n) is 9.15. The number of benzene rings is 1. The molecule has 1 aromatic carbocycles. The minimum atomic E-state index is -1.22. The Kier molecular flexibility index (Phi) is 21.6. The number of nitrogens with one attached hydrogen (secondary N) is 1. The number of rotatable bonds is 21. The Bertz CT molecular complexity index is 467. The fourth-order valence-corrected chi connectivity index (χ4v) is 4.33. The Hall–Kier alpha value is -0.940. The van der Waals surface area contributed by atoms with Crippen molar-refractivity contribution in [2.75, 3.05) is 13.1 Å². The summed E-state index contributed by atoms with van der Waals surface area (Å²) in [5.41, 5.74) is 1.27. The van der Waals surface area contributed by atoms with Crippen LogP contribution in [0.2, 0.25) is 0 Å². The van der Waals surface area contributed by atoms with Crippen LogP contribution in [-0.2, 0) is 6.54 Å². The molecule has 4 nitrogen and oxygen atoms in total. The number of unbranched alkanes of at least 4 members (excludes halogenated alkanes) is 15. The monoisotopic (exact) mass is 437 g/mol. The summed E-state index contributed by atoms with van der Waals surface area (Å²) in [5, 5.41) is 18.7. The number of quaternary nitrogens is 1. The molecular weight excluding hydrogens is 386 g/mol. The molecule has 1 atom stereocenters. The smallest absolute Gasteiger partial charge is 0.202 e. The Labute approximate surface area is 192 Å². The lowest BCUT2D eigenvalue weighted by molar-refractivity contribution is -0.919. The van der Waals surface area contributed by atoms with E-state index < -0.39 is 6.29 Å². The first-order chi connectivity index (χ1) is 14.7. The summed E-state index contributed by atoms with van der Waals surface area (Å²) < 4.78 is 0. The van der Waals surface area contributed by atoms with Crippen LogP contribution in [0.1, 0.15) is 115 Å². The Morgan fingerprint density at radius 3 is 1.48 bits per heavy atom. The first kappa shape index (κ1) is 30.1. The number of aliphatic hydroxyl groups is 2. The summed E-state index contributed by atoms with van der Waals surface area (Å²) >= 11 is 0. The third-order valence-corrected chi connectivity index (χ3v) is 6.15. The van der Waals surface area contributed by atoms with Gasteiger partial charge in [-0.2, -0.15) is 0 Å². The van der Waals surface area contributed by atoms with Crippen LogP contribution in [0.3, 0.4) is 0 Å². The SMILES string of the molecule is CCCCCCCCCCCCCCCCCC[NH+](Cc1ccccc1)CC(O)O.[OH-]. The zero-order valence-electron chi connectivity index (χ0n) is 20.2. The molecule has 1 rings (SSSR count). The summed E-state index contributed by atoms with van der Waals surface area (Å²) in [6.07, 6.45) is 20.9. The summed E-state index contributed by atoms with van der Waals surface area (Å²) in [4.78, 5) is 1.27. The maximum atomic E-state index is 9.37. The van der Waals surface area contributed by atoms with E-state index >= 15 is 0 Å². The topological polar surface area (TPSA) is 74.9 Å². The van der Waals surface area contributed by atoms with Gasteiger partial charge in [-0.05, 0) is 12.8 Å². The van der Waals surface area contributed by atoms with Crippen LogP contribution < -0.4 is 4.90 Å². The Balaban J connectivity index is 0.00000900. The van der Waals surface area contributed by atoms with Gasteiger partial charge in [0.25, 0.3) is 0 Å². The standard InChI is InChI=1S/C27H49NO2.H2O/c1-2-3-4-5-6-7-8-9-10-11-12-13-14-15-16-20-23-28(25-27(29)30)24-26-21-18-17-19-22-26;/h17-19,21-22,27,29-30H,2-16,20,23-25H2,1H3;1H2. The minimum Gasteiger partial charge on any atom is -0.870 e. The van der Waals surface area contributed by atoms with Crippen LogP contribution >= 0.6 is 0 Å². The number of hydrogen-bond donors (Lipinski definition) is 3. The summed E-state index contributed by atoms with van der Waals surface area (Å²) in [6.45, 7) is 4.59. The molecule has 1 aromatic rings. The van der Waals surface area contributed by atoms with E-state index in [1.165, 1.54) is 113 Å². The van der Waals surface area contributed by atoms with Crippen molar-refractivity contribution in [2.45, 2.75) is 122 Å². The lowest BCUT2D eigenvalue weighted by atomic mass is 10.0. The molecule has 1 unspecified atom stereocenters. The van der Waals surface area contributed by atoms with Gasteiger partial charge in [0.1, 0.15) is 13.1 Å². The largest absolute Gasteiger partial charge is 0.870 e. The van der Waals surface area contributed by atoms with Gasteiger partial charge in [0, 0.05) is 5.56 Å². The highest BCUT2D eigenvalue weighted by Crippen LogP contribution is 2.13. The first-order valence-electron chi connectivity index (χ1n) is 13.0. The van der Waals surface area contributed by atoms with Crippen molar-refractivity contribution >= 4 is 0 Å². The average Bonchev–Trinajstić information content (AvgIpc) is 2.73. The molecule has 0 radical (unpaired) electrons. The highest BCUT2D eigenvalue weighted by molar-refractivity contribution is 5.13. The zero-order valence-corrected chi connectivity index (χ0v) is 20.2. The molecule has 0 bridgehead atoms. The van der Waals surface area contributed by atoms with Gasteiger partial charge in [-0.25, -0.2) is 0 Å². The highest BCUT2D eigenvalue weighted by atomic mass is 16.5. The molecule has 0 heterocycles. The number of aliphatic hydroxyl groups excluding tert-OH is 1. The van der Waals surface area contributed by atoms with Crippen molar-refractivity contribution in [3.63, 3.8) is 0 Å². The van der Waals surface area contributed by atoms with Crippen molar-refractivity contribution in [2.24, 2.45) is 0 Å². The van der Waals surface area contributed by atoms with Gasteiger partial charge < -0.3 is 20.6 Å². The van der Waals surface area contributed by atoms with E-state index in [2.05, 4.69) is 31.2 Å². The van der Waals surface area contributed by atoms with Gasteiger partial charge in [0.15, 0.2) is 0 Å². The average molecular weight is 438 g/mol. The normalized spacial score (nSPS) is 12.1. The summed E-state index contributed by atoms with van der Waals surface area (Å²) in [5.74, 6) is 0. The van der Waals surface area contributed by atoms with Gasteiger partial charge in [-0.1, -0.05) is 127 Å². The van der Waals surface area contributed by atoms with E-state index in [0.29, 0.717) is 6.54 Å². The van der Waals surface area contributed by atoms with Gasteiger partial charge >= 0.3 is 0 Å². The van der Waals surface area contributed by atoms with E-state index in [4.69, 9.17) is 0 Å². The predicted octanol–water partition coefficient (Wildman–Crippen LogP) is 5.47. The summed E-state index contributed by atoms with van der Waals surface area (Å²) in [7, 11) is 0. The van der Waals surface area contributed by atoms with Crippen molar-refractivity contribution < 1.29 is 20.6 Å². The molecule has 4 heteroatoms. The molecule has 182 valence electrons. The lowest BCUT2D eigenvalue weighted by Gasteiger charge is -2.20. The van der Waals surface area contributed by atoms with E-state index in [1.54, 1.807) is 0 Å². The molecular formula is C27H51NO3. The van der Waals surface area contributed by atoms with Crippen molar-refractivity contribution in [3.05, 3.63) is 35.9 Å².